The van der Waals surface area contributed by atoms with Crippen LogP contribution in [0.15, 0.2) is 18.2 Å². The Balaban J connectivity index is 1.80. The number of fused-ring (bicyclic) bond motifs is 1. The van der Waals surface area contributed by atoms with Crippen LogP contribution in [0.5, 0.6) is 11.5 Å². The molecule has 29 heavy (non-hydrogen) atoms. The Bertz CT molecular complexity index is 1020. The Morgan fingerprint density at radius 3 is 2.38 bits per heavy atom. The van der Waals surface area contributed by atoms with Gasteiger partial charge >= 0.3 is 6.18 Å². The number of carbonyl (C=O) groups excluding carboxylic acids is 1. The molecule has 1 amide bonds. The number of amides is 1. The number of rotatable bonds is 2. The summed E-state index contributed by atoms with van der Waals surface area (Å²) in [7, 11) is 0. The van der Waals surface area contributed by atoms with Gasteiger partial charge in [-0.3, -0.25) is 4.79 Å². The molecule has 0 spiro atoms. The van der Waals surface area contributed by atoms with Crippen LogP contribution in [-0.4, -0.2) is 32.5 Å². The van der Waals surface area contributed by atoms with Crippen molar-refractivity contribution in [1.82, 2.24) is 9.88 Å². The van der Waals surface area contributed by atoms with E-state index in [1.807, 2.05) is 0 Å². The summed E-state index contributed by atoms with van der Waals surface area (Å²) >= 11 is 12.1. The molecule has 154 valence electrons. The van der Waals surface area contributed by atoms with Gasteiger partial charge in [0, 0.05) is 24.9 Å². The van der Waals surface area contributed by atoms with E-state index >= 15 is 0 Å². The fourth-order valence-electron chi connectivity index (χ4n) is 3.06. The monoisotopic (exact) mass is 446 g/mol. The number of phenolic OH excluding ortho intramolecular Hbond substituents is 2. The molecule has 0 saturated carbocycles. The predicted octanol–water partition coefficient (Wildman–Crippen LogP) is 4.72. The van der Waals surface area contributed by atoms with Crippen molar-refractivity contribution in [2.24, 2.45) is 0 Å². The summed E-state index contributed by atoms with van der Waals surface area (Å²) in [6, 6.07) is 2.10. The third-order valence-corrected chi connectivity index (χ3v) is 5.46. The van der Waals surface area contributed by atoms with Crippen LogP contribution >= 0.6 is 23.2 Å². The highest BCUT2D eigenvalue weighted by Gasteiger charge is 2.32. The van der Waals surface area contributed by atoms with Crippen molar-refractivity contribution >= 4 is 35.2 Å². The molecule has 2 heterocycles. The second kappa shape index (κ2) is 7.76. The zero-order chi connectivity index (χ0) is 21.5. The van der Waals surface area contributed by atoms with Gasteiger partial charge in [0.15, 0.2) is 11.5 Å². The molecule has 1 aliphatic rings. The summed E-state index contributed by atoms with van der Waals surface area (Å²) in [5.41, 5.74) is 0.520. The number of carbonyl (C=O) groups is 1. The van der Waals surface area contributed by atoms with E-state index in [9.17, 15) is 28.2 Å². The Labute approximate surface area is 174 Å². The minimum atomic E-state index is -4.54. The lowest BCUT2D eigenvalue weighted by molar-refractivity contribution is -0.141. The van der Waals surface area contributed by atoms with Crippen molar-refractivity contribution in [1.29, 1.82) is 0 Å². The van der Waals surface area contributed by atoms with Gasteiger partial charge in [0.1, 0.15) is 5.69 Å². The smallest absolute Gasteiger partial charge is 0.433 e. The summed E-state index contributed by atoms with van der Waals surface area (Å²) in [5.74, 6) is -1.44. The number of alkyl halides is 3. The lowest BCUT2D eigenvalue weighted by atomic mass is 9.98. The van der Waals surface area contributed by atoms with Gasteiger partial charge in [0.05, 0.1) is 10.0 Å². The van der Waals surface area contributed by atoms with E-state index < -0.39 is 29.3 Å². The zero-order valence-electron chi connectivity index (χ0n) is 15.0. The lowest BCUT2D eigenvalue weighted by Gasteiger charge is -2.30. The third kappa shape index (κ3) is 4.13. The lowest BCUT2D eigenvalue weighted by Crippen LogP contribution is -2.35. The quantitative estimate of drug-likeness (QED) is 0.516. The van der Waals surface area contributed by atoms with E-state index in [1.165, 1.54) is 30.0 Å². The predicted molar refractivity (Wildman–Crippen MR) is 102 cm³/mol. The molecule has 0 fully saturated rings. The molecule has 1 aliphatic heterocycles. The van der Waals surface area contributed by atoms with Gasteiger partial charge in [-0.1, -0.05) is 29.3 Å². The molecule has 0 saturated heterocycles. The van der Waals surface area contributed by atoms with Crippen molar-refractivity contribution in [3.05, 3.63) is 56.3 Å². The maximum absolute atomic E-state index is 12.7. The Kier molecular flexibility index (Phi) is 5.69. The number of aryl methyl sites for hydroxylation is 1. The largest absolute Gasteiger partial charge is 0.503 e. The van der Waals surface area contributed by atoms with Crippen LogP contribution in [0.3, 0.4) is 0 Å². The first kappa shape index (κ1) is 21.3. The summed E-state index contributed by atoms with van der Waals surface area (Å²) < 4.78 is 38.1. The Morgan fingerprint density at radius 1 is 1.17 bits per heavy atom. The SMILES string of the molecule is Cc1nc(C(F)(F)F)ccc1/C=C/C(=O)N1CCc2c(Cl)c(O)c(O)c(Cl)c2C1. The molecule has 10 heteroatoms. The van der Waals surface area contributed by atoms with Gasteiger partial charge in [-0.2, -0.15) is 13.2 Å². The van der Waals surface area contributed by atoms with E-state index in [0.29, 0.717) is 29.7 Å². The van der Waals surface area contributed by atoms with Gasteiger partial charge in [-0.05, 0) is 42.2 Å². The van der Waals surface area contributed by atoms with E-state index in [0.717, 1.165) is 6.07 Å². The molecular formula is C19H15Cl2F3N2O3. The van der Waals surface area contributed by atoms with Gasteiger partial charge in [0.2, 0.25) is 5.91 Å². The topological polar surface area (TPSA) is 73.7 Å². The average Bonchev–Trinajstić information content (AvgIpc) is 2.68. The minimum absolute atomic E-state index is 0.00371. The number of hydrogen-bond donors (Lipinski definition) is 2. The van der Waals surface area contributed by atoms with E-state index in [1.54, 1.807) is 0 Å². The first-order valence-corrected chi connectivity index (χ1v) is 9.18. The number of benzene rings is 1. The van der Waals surface area contributed by atoms with Gasteiger partial charge in [0.25, 0.3) is 0 Å². The van der Waals surface area contributed by atoms with Crippen LogP contribution in [-0.2, 0) is 23.9 Å². The third-order valence-electron chi connectivity index (χ3n) is 4.65. The van der Waals surface area contributed by atoms with E-state index in [4.69, 9.17) is 23.2 Å². The van der Waals surface area contributed by atoms with Crippen LogP contribution in [0.1, 0.15) is 28.1 Å². The standard InChI is InChI=1S/C19H15Cl2F3N2O3/c1-9-10(2-4-13(25-9)19(22,23)24)3-5-14(27)26-7-6-11-12(8-26)16(21)18(29)17(28)15(11)20/h2-5,28-29H,6-8H2,1H3/b5-3+. The summed E-state index contributed by atoms with van der Waals surface area (Å²) in [4.78, 5) is 17.5. The Morgan fingerprint density at radius 2 is 1.79 bits per heavy atom. The average molecular weight is 447 g/mol. The number of aromatic hydroxyl groups is 2. The Hall–Kier alpha value is -2.45. The van der Waals surface area contributed by atoms with E-state index in [2.05, 4.69) is 4.98 Å². The minimum Gasteiger partial charge on any atom is -0.503 e. The summed E-state index contributed by atoms with van der Waals surface area (Å²) in [5, 5.41) is 19.6. The first-order chi connectivity index (χ1) is 13.5. The maximum Gasteiger partial charge on any atom is 0.433 e. The highest BCUT2D eigenvalue weighted by atomic mass is 35.5. The molecule has 5 nitrogen and oxygen atoms in total. The highest BCUT2D eigenvalue weighted by molar-refractivity contribution is 6.36. The summed E-state index contributed by atoms with van der Waals surface area (Å²) in [6.07, 6.45) is -1.59. The van der Waals surface area contributed by atoms with Crippen LogP contribution < -0.4 is 0 Å². The number of phenols is 2. The number of aromatic nitrogens is 1. The van der Waals surface area contributed by atoms with Crippen molar-refractivity contribution in [2.45, 2.75) is 26.1 Å². The first-order valence-electron chi connectivity index (χ1n) is 8.43. The normalized spacial score (nSPS) is 14.3. The zero-order valence-corrected chi connectivity index (χ0v) is 16.5. The van der Waals surface area contributed by atoms with Crippen LogP contribution in [0.25, 0.3) is 6.08 Å². The highest BCUT2D eigenvalue weighted by Crippen LogP contribution is 2.46. The van der Waals surface area contributed by atoms with Gasteiger partial charge < -0.3 is 15.1 Å². The fraction of sp³-hybridized carbons (Fsp3) is 0.263. The van der Waals surface area contributed by atoms with Crippen molar-refractivity contribution in [3.8, 4) is 11.5 Å². The van der Waals surface area contributed by atoms with Gasteiger partial charge in [-0.15, -0.1) is 0 Å². The van der Waals surface area contributed by atoms with Crippen molar-refractivity contribution in [3.63, 3.8) is 0 Å². The molecule has 0 atom stereocenters. The molecule has 3 rings (SSSR count). The molecular weight excluding hydrogens is 432 g/mol. The summed E-state index contributed by atoms with van der Waals surface area (Å²) in [6.45, 7) is 1.78. The molecule has 0 bridgehead atoms. The number of pyridine rings is 1. The van der Waals surface area contributed by atoms with Crippen LogP contribution in [0.4, 0.5) is 13.2 Å². The van der Waals surface area contributed by atoms with Gasteiger partial charge in [-0.25, -0.2) is 4.98 Å². The number of nitrogens with zero attached hydrogens (tertiary/aromatic N) is 2. The molecule has 1 aromatic carbocycles. The molecule has 0 aliphatic carbocycles. The van der Waals surface area contributed by atoms with Crippen LogP contribution in [0, 0.1) is 6.92 Å². The van der Waals surface area contributed by atoms with E-state index in [-0.39, 0.29) is 22.3 Å². The number of halogens is 5. The van der Waals surface area contributed by atoms with Crippen molar-refractivity contribution < 1.29 is 28.2 Å². The molecule has 0 radical (unpaired) electrons. The molecule has 1 aromatic heterocycles. The second-order valence-corrected chi connectivity index (χ2v) is 7.25. The fourth-order valence-corrected chi connectivity index (χ4v) is 3.62. The maximum atomic E-state index is 12.7. The molecule has 2 aromatic rings. The van der Waals surface area contributed by atoms with Crippen LogP contribution in [0.2, 0.25) is 10.0 Å². The molecule has 0 unspecified atom stereocenters. The van der Waals surface area contributed by atoms with Crippen molar-refractivity contribution in [2.75, 3.05) is 6.54 Å². The molecule has 2 N–H and O–H groups in total. The number of hydrogen-bond acceptors (Lipinski definition) is 4. The second-order valence-electron chi connectivity index (χ2n) is 6.49.